The molecular weight excluding hydrogens is 355 g/mol. The molecule has 4 saturated carbocycles. The van der Waals surface area contributed by atoms with Crippen molar-refractivity contribution in [2.45, 2.75) is 51.2 Å². The van der Waals surface area contributed by atoms with E-state index in [9.17, 15) is 18.0 Å². The van der Waals surface area contributed by atoms with Gasteiger partial charge in [0, 0.05) is 17.8 Å². The Morgan fingerprint density at radius 3 is 2.33 bits per heavy atom. The van der Waals surface area contributed by atoms with Crippen LogP contribution in [0.15, 0.2) is 24.5 Å². The number of hydrogen-bond donors (Lipinski definition) is 1. The highest BCUT2D eigenvalue weighted by Crippen LogP contribution is 2.60. The van der Waals surface area contributed by atoms with Crippen molar-refractivity contribution in [3.8, 4) is 0 Å². The molecule has 4 aliphatic rings. The number of alkyl halides is 3. The number of nitrogens with zero attached hydrogens (tertiary/aromatic N) is 2. The third-order valence-electron chi connectivity index (χ3n) is 6.78. The van der Waals surface area contributed by atoms with Crippen LogP contribution < -0.4 is 5.32 Å². The van der Waals surface area contributed by atoms with E-state index in [0.29, 0.717) is 29.1 Å². The molecule has 4 bridgehead atoms. The summed E-state index contributed by atoms with van der Waals surface area (Å²) in [6.45, 7) is 0.254. The molecule has 4 aliphatic carbocycles. The molecule has 6 rings (SSSR count). The van der Waals surface area contributed by atoms with E-state index in [2.05, 4.69) is 10.3 Å². The van der Waals surface area contributed by atoms with Gasteiger partial charge in [-0.05, 0) is 68.4 Å². The highest BCUT2D eigenvalue weighted by Gasteiger charge is 2.54. The van der Waals surface area contributed by atoms with E-state index >= 15 is 0 Å². The molecule has 0 aromatic carbocycles. The van der Waals surface area contributed by atoms with E-state index < -0.39 is 11.7 Å². The second-order valence-corrected chi connectivity index (χ2v) is 8.79. The number of carbonyl (C=O) groups excluding carboxylic acids is 1. The van der Waals surface area contributed by atoms with Crippen molar-refractivity contribution in [2.24, 2.45) is 23.2 Å². The lowest BCUT2D eigenvalue weighted by Crippen LogP contribution is -2.53. The van der Waals surface area contributed by atoms with Crippen LogP contribution in [0.1, 0.15) is 49.8 Å². The zero-order chi connectivity index (χ0) is 18.8. The first kappa shape index (κ1) is 17.1. The number of halogens is 3. The molecule has 144 valence electrons. The average molecular weight is 377 g/mol. The summed E-state index contributed by atoms with van der Waals surface area (Å²) in [6, 6.07) is 2.38. The maximum absolute atomic E-state index is 13.0. The van der Waals surface area contributed by atoms with Crippen LogP contribution in [0.5, 0.6) is 0 Å². The molecule has 0 saturated heterocycles. The quantitative estimate of drug-likeness (QED) is 0.872. The van der Waals surface area contributed by atoms with Crippen LogP contribution in [-0.4, -0.2) is 15.3 Å². The van der Waals surface area contributed by atoms with Gasteiger partial charge in [0.05, 0.1) is 17.8 Å². The molecule has 27 heavy (non-hydrogen) atoms. The lowest BCUT2D eigenvalue weighted by Gasteiger charge is -2.55. The van der Waals surface area contributed by atoms with Crippen LogP contribution in [-0.2, 0) is 17.5 Å². The topological polar surface area (TPSA) is 46.4 Å². The second-order valence-electron chi connectivity index (χ2n) is 8.79. The van der Waals surface area contributed by atoms with Gasteiger partial charge in [0.15, 0.2) is 0 Å². The van der Waals surface area contributed by atoms with E-state index in [1.807, 2.05) is 0 Å². The number of nitrogens with one attached hydrogen (secondary N) is 1. The molecule has 0 radical (unpaired) electrons. The minimum absolute atomic E-state index is 0.106. The summed E-state index contributed by atoms with van der Waals surface area (Å²) in [5.41, 5.74) is 0.0863. The summed E-state index contributed by atoms with van der Waals surface area (Å²) < 4.78 is 39.9. The van der Waals surface area contributed by atoms with E-state index in [-0.39, 0.29) is 17.9 Å². The minimum atomic E-state index is -4.38. The van der Waals surface area contributed by atoms with Crippen molar-refractivity contribution in [3.63, 3.8) is 0 Å². The Bertz CT molecular complexity index is 866. The Labute approximate surface area is 155 Å². The number of hydrogen-bond acceptors (Lipinski definition) is 2. The molecule has 4 nitrogen and oxygen atoms in total. The maximum Gasteiger partial charge on any atom is 0.417 e. The standard InChI is InChI=1S/C20H22F3N3O/c21-20(22,23)15-1-2-17-25-16(11-26(17)10-15)9-24-18(27)19-6-12-3-13(7-19)5-14(4-12)8-19/h1-2,10-14H,3-9H2,(H,24,27). The highest BCUT2D eigenvalue weighted by molar-refractivity contribution is 5.83. The first-order valence-electron chi connectivity index (χ1n) is 9.64. The van der Waals surface area contributed by atoms with Gasteiger partial charge in [0.1, 0.15) is 5.65 Å². The Hall–Kier alpha value is -2.05. The van der Waals surface area contributed by atoms with Crippen LogP contribution in [0.3, 0.4) is 0 Å². The summed E-state index contributed by atoms with van der Waals surface area (Å²) in [5.74, 6) is 2.18. The molecule has 2 aromatic rings. The smallest absolute Gasteiger partial charge is 0.350 e. The van der Waals surface area contributed by atoms with Gasteiger partial charge in [-0.1, -0.05) is 0 Å². The lowest BCUT2D eigenvalue weighted by molar-refractivity contribution is -0.146. The van der Waals surface area contributed by atoms with Crippen molar-refractivity contribution >= 4 is 11.6 Å². The minimum Gasteiger partial charge on any atom is -0.350 e. The van der Waals surface area contributed by atoms with E-state index in [1.165, 1.54) is 29.7 Å². The summed E-state index contributed by atoms with van der Waals surface area (Å²) >= 11 is 0. The number of aromatic nitrogens is 2. The van der Waals surface area contributed by atoms with E-state index in [4.69, 9.17) is 0 Å². The second kappa shape index (κ2) is 5.72. The zero-order valence-corrected chi connectivity index (χ0v) is 14.9. The summed E-state index contributed by atoms with van der Waals surface area (Å²) in [7, 11) is 0. The fourth-order valence-corrected chi connectivity index (χ4v) is 6.04. The Morgan fingerprint density at radius 1 is 1.11 bits per heavy atom. The fraction of sp³-hybridized carbons (Fsp3) is 0.600. The van der Waals surface area contributed by atoms with Gasteiger partial charge in [0.2, 0.25) is 5.91 Å². The SMILES string of the molecule is O=C(NCc1cn2cc(C(F)(F)F)ccc2n1)C12CC3CC(CC(C3)C1)C2. The van der Waals surface area contributed by atoms with Crippen molar-refractivity contribution < 1.29 is 18.0 Å². The normalized spacial score (nSPS) is 32.2. The number of imidazole rings is 1. The molecule has 0 unspecified atom stereocenters. The Balaban J connectivity index is 1.31. The van der Waals surface area contributed by atoms with E-state index in [0.717, 1.165) is 31.5 Å². The van der Waals surface area contributed by atoms with Crippen LogP contribution >= 0.6 is 0 Å². The van der Waals surface area contributed by atoms with Crippen molar-refractivity contribution in [2.75, 3.05) is 0 Å². The van der Waals surface area contributed by atoms with Gasteiger partial charge < -0.3 is 9.72 Å². The van der Waals surface area contributed by atoms with Gasteiger partial charge in [-0.3, -0.25) is 4.79 Å². The fourth-order valence-electron chi connectivity index (χ4n) is 6.04. The van der Waals surface area contributed by atoms with Gasteiger partial charge >= 0.3 is 6.18 Å². The largest absolute Gasteiger partial charge is 0.417 e. The number of carbonyl (C=O) groups is 1. The number of amides is 1. The van der Waals surface area contributed by atoms with Gasteiger partial charge in [0.25, 0.3) is 0 Å². The Morgan fingerprint density at radius 2 is 1.74 bits per heavy atom. The molecule has 0 spiro atoms. The van der Waals surface area contributed by atoms with Gasteiger partial charge in [-0.15, -0.1) is 0 Å². The highest BCUT2D eigenvalue weighted by atomic mass is 19.4. The monoisotopic (exact) mass is 377 g/mol. The van der Waals surface area contributed by atoms with Crippen molar-refractivity contribution in [1.82, 2.24) is 14.7 Å². The summed E-state index contributed by atoms with van der Waals surface area (Å²) in [6.07, 6.45) is 5.02. The predicted molar refractivity (Wildman–Crippen MR) is 92.6 cm³/mol. The van der Waals surface area contributed by atoms with Crippen molar-refractivity contribution in [3.05, 3.63) is 35.8 Å². The molecule has 2 heterocycles. The number of rotatable bonds is 3. The molecule has 1 amide bonds. The lowest BCUT2D eigenvalue weighted by atomic mass is 9.49. The van der Waals surface area contributed by atoms with Crippen LogP contribution in [0.25, 0.3) is 5.65 Å². The molecular formula is C20H22F3N3O. The molecule has 0 atom stereocenters. The first-order valence-corrected chi connectivity index (χ1v) is 9.64. The third kappa shape index (κ3) is 2.91. The van der Waals surface area contributed by atoms with Crippen LogP contribution in [0.2, 0.25) is 0 Å². The summed E-state index contributed by atoms with van der Waals surface area (Å²) in [4.78, 5) is 17.3. The van der Waals surface area contributed by atoms with E-state index in [1.54, 1.807) is 6.20 Å². The molecule has 2 aromatic heterocycles. The summed E-state index contributed by atoms with van der Waals surface area (Å²) in [5, 5.41) is 3.02. The first-order chi connectivity index (χ1) is 12.8. The molecule has 0 aliphatic heterocycles. The Kier molecular flexibility index (Phi) is 3.62. The predicted octanol–water partition coefficient (Wildman–Crippen LogP) is 4.19. The third-order valence-corrected chi connectivity index (χ3v) is 6.78. The number of fused-ring (bicyclic) bond motifs is 1. The van der Waals surface area contributed by atoms with Gasteiger partial charge in [-0.25, -0.2) is 4.98 Å². The van der Waals surface area contributed by atoms with Gasteiger partial charge in [-0.2, -0.15) is 13.2 Å². The van der Waals surface area contributed by atoms with Crippen LogP contribution in [0, 0.1) is 23.2 Å². The average Bonchev–Trinajstić information content (AvgIpc) is 2.99. The number of pyridine rings is 1. The zero-order valence-electron chi connectivity index (χ0n) is 14.9. The molecule has 4 fully saturated rings. The maximum atomic E-state index is 13.0. The molecule has 1 N–H and O–H groups in total. The van der Waals surface area contributed by atoms with Crippen molar-refractivity contribution in [1.29, 1.82) is 0 Å². The van der Waals surface area contributed by atoms with Crippen LogP contribution in [0.4, 0.5) is 13.2 Å². The molecule has 7 heteroatoms.